The number of hydrogen-bond donors (Lipinski definition) is 1. The van der Waals surface area contributed by atoms with E-state index in [9.17, 15) is 13.2 Å². The molecule has 2 aliphatic rings. The predicted octanol–water partition coefficient (Wildman–Crippen LogP) is 3.61. The maximum atomic E-state index is 11.0. The van der Waals surface area contributed by atoms with E-state index in [0.717, 1.165) is 18.4 Å². The van der Waals surface area contributed by atoms with Gasteiger partial charge >= 0.3 is 5.97 Å². The van der Waals surface area contributed by atoms with Crippen molar-refractivity contribution >= 4 is 21.7 Å². The zero-order valence-corrected chi connectivity index (χ0v) is 16.3. The second-order valence-corrected chi connectivity index (χ2v) is 8.63. The molecular formula is C21H25NO4S. The molecule has 2 aromatic carbocycles. The van der Waals surface area contributed by atoms with Crippen LogP contribution < -0.4 is 4.72 Å². The molecule has 0 bridgehead atoms. The summed E-state index contributed by atoms with van der Waals surface area (Å²) >= 11 is 0. The summed E-state index contributed by atoms with van der Waals surface area (Å²) in [4.78, 5) is 11.0. The van der Waals surface area contributed by atoms with Gasteiger partial charge in [-0.1, -0.05) is 36.4 Å². The lowest BCUT2D eigenvalue weighted by Crippen LogP contribution is -2.05. The molecule has 1 aliphatic carbocycles. The first-order chi connectivity index (χ1) is 13.0. The van der Waals surface area contributed by atoms with Gasteiger partial charge in [-0.15, -0.1) is 0 Å². The number of benzene rings is 2. The van der Waals surface area contributed by atoms with Crippen LogP contribution in [0, 0.1) is 0 Å². The van der Waals surface area contributed by atoms with Crippen LogP contribution in [0.2, 0.25) is 0 Å². The van der Waals surface area contributed by atoms with Crippen LogP contribution in [-0.4, -0.2) is 21.5 Å². The van der Waals surface area contributed by atoms with Crippen molar-refractivity contribution in [3.8, 4) is 0 Å². The maximum absolute atomic E-state index is 11.0. The summed E-state index contributed by atoms with van der Waals surface area (Å²) in [6.07, 6.45) is 6.13. The summed E-state index contributed by atoms with van der Waals surface area (Å²) in [5.74, 6) is 0.00422. The van der Waals surface area contributed by atoms with Crippen molar-refractivity contribution in [1.82, 2.24) is 0 Å². The summed E-state index contributed by atoms with van der Waals surface area (Å²) in [5, 5.41) is 0. The molecule has 0 unspecified atom stereocenters. The summed E-state index contributed by atoms with van der Waals surface area (Å²) < 4.78 is 29.0. The average Bonchev–Trinajstić information content (AvgIpc) is 3.23. The van der Waals surface area contributed by atoms with Gasteiger partial charge in [-0.25, -0.2) is 8.42 Å². The van der Waals surface area contributed by atoms with E-state index in [1.165, 1.54) is 43.1 Å². The van der Waals surface area contributed by atoms with E-state index >= 15 is 0 Å². The quantitative estimate of drug-likeness (QED) is 0.814. The fourth-order valence-corrected chi connectivity index (χ4v) is 4.74. The largest absolute Gasteiger partial charge is 0.469 e. The van der Waals surface area contributed by atoms with Gasteiger partial charge in [-0.05, 0) is 60.4 Å². The number of fused-ring (bicyclic) bond motifs is 2. The van der Waals surface area contributed by atoms with Gasteiger partial charge in [-0.2, -0.15) is 0 Å². The Bertz CT molecular complexity index is 891. The van der Waals surface area contributed by atoms with Crippen molar-refractivity contribution in [2.45, 2.75) is 44.3 Å². The molecule has 0 spiro atoms. The number of anilines is 1. The molecule has 1 N–H and O–H groups in total. The Balaban J connectivity index is 0.000000166. The van der Waals surface area contributed by atoms with Crippen molar-refractivity contribution in [3.05, 3.63) is 64.7 Å². The number of hydrogen-bond acceptors (Lipinski definition) is 4. The highest BCUT2D eigenvalue weighted by molar-refractivity contribution is 7.92. The van der Waals surface area contributed by atoms with Crippen LogP contribution in [0.15, 0.2) is 42.5 Å². The van der Waals surface area contributed by atoms with Crippen LogP contribution >= 0.6 is 0 Å². The van der Waals surface area contributed by atoms with Crippen molar-refractivity contribution < 1.29 is 17.9 Å². The topological polar surface area (TPSA) is 72.5 Å². The highest BCUT2D eigenvalue weighted by Crippen LogP contribution is 2.25. The average molecular weight is 388 g/mol. The Morgan fingerprint density at radius 1 is 1.07 bits per heavy atom. The minimum absolute atomic E-state index is 0.110. The van der Waals surface area contributed by atoms with E-state index < -0.39 is 10.0 Å². The number of carbonyl (C=O) groups excluding carboxylic acids is 1. The van der Waals surface area contributed by atoms with Gasteiger partial charge in [-0.3, -0.25) is 9.52 Å². The van der Waals surface area contributed by atoms with Gasteiger partial charge in [0, 0.05) is 6.42 Å². The summed E-state index contributed by atoms with van der Waals surface area (Å²) in [7, 11) is -1.61. The highest BCUT2D eigenvalue weighted by Gasteiger charge is 2.21. The molecule has 6 heteroatoms. The second-order valence-electron chi connectivity index (χ2n) is 6.90. The maximum Gasteiger partial charge on any atom is 0.305 e. The monoisotopic (exact) mass is 387 g/mol. The third-order valence-corrected chi connectivity index (χ3v) is 6.09. The summed E-state index contributed by atoms with van der Waals surface area (Å²) in [6.45, 7) is 0. The van der Waals surface area contributed by atoms with Gasteiger partial charge in [0.2, 0.25) is 10.0 Å². The predicted molar refractivity (Wildman–Crippen MR) is 106 cm³/mol. The number of para-hydroxylation sites is 1. The Morgan fingerprint density at radius 3 is 2.63 bits per heavy atom. The molecular weight excluding hydrogens is 362 g/mol. The SMILES string of the molecule is COC(=O)CCCc1ccc2c(c1)CCC2.O=S1(=O)Cc2ccccc2N1. The number of aryl methyl sites for hydroxylation is 3. The molecule has 144 valence electrons. The molecule has 0 fully saturated rings. The molecule has 1 heterocycles. The van der Waals surface area contributed by atoms with Crippen molar-refractivity contribution in [1.29, 1.82) is 0 Å². The van der Waals surface area contributed by atoms with E-state index in [1.54, 1.807) is 6.07 Å². The number of carbonyl (C=O) groups is 1. The molecule has 27 heavy (non-hydrogen) atoms. The molecule has 5 nitrogen and oxygen atoms in total. The smallest absolute Gasteiger partial charge is 0.305 e. The van der Waals surface area contributed by atoms with Crippen molar-refractivity contribution in [2.75, 3.05) is 11.8 Å². The zero-order valence-electron chi connectivity index (χ0n) is 15.5. The minimum atomic E-state index is -3.06. The number of nitrogens with one attached hydrogen (secondary N) is 1. The number of sulfonamides is 1. The fraction of sp³-hybridized carbons (Fsp3) is 0.381. The molecule has 0 saturated carbocycles. The third kappa shape index (κ3) is 5.32. The molecule has 0 saturated heterocycles. The lowest BCUT2D eigenvalue weighted by molar-refractivity contribution is -0.140. The summed E-state index contributed by atoms with van der Waals surface area (Å²) in [6, 6.07) is 14.0. The van der Waals surface area contributed by atoms with Crippen molar-refractivity contribution in [2.24, 2.45) is 0 Å². The number of methoxy groups -OCH3 is 1. The van der Waals surface area contributed by atoms with Crippen molar-refractivity contribution in [3.63, 3.8) is 0 Å². The Labute approximate surface area is 160 Å². The van der Waals surface area contributed by atoms with Gasteiger partial charge < -0.3 is 4.74 Å². The van der Waals surface area contributed by atoms with E-state index in [4.69, 9.17) is 0 Å². The molecule has 0 atom stereocenters. The lowest BCUT2D eigenvalue weighted by Gasteiger charge is -2.04. The van der Waals surface area contributed by atoms with Crippen LogP contribution in [0.4, 0.5) is 5.69 Å². The minimum Gasteiger partial charge on any atom is -0.469 e. The Kier molecular flexibility index (Phi) is 6.16. The van der Waals surface area contributed by atoms with Gasteiger partial charge in [0.05, 0.1) is 18.6 Å². The third-order valence-electron chi connectivity index (χ3n) is 4.87. The van der Waals surface area contributed by atoms with Crippen LogP contribution in [0.25, 0.3) is 0 Å². The molecule has 0 amide bonds. The first-order valence-corrected chi connectivity index (χ1v) is 10.9. The normalized spacial score (nSPS) is 15.7. The Morgan fingerprint density at radius 2 is 1.85 bits per heavy atom. The highest BCUT2D eigenvalue weighted by atomic mass is 32.2. The van der Waals surface area contributed by atoms with E-state index in [0.29, 0.717) is 12.1 Å². The number of rotatable bonds is 4. The Hall–Kier alpha value is -2.34. The standard InChI is InChI=1S/C14H18O2.C7H7NO2S/c1-16-14(15)7-2-4-11-8-9-12-5-3-6-13(12)10-11;9-11(10)5-6-3-1-2-4-7(6)8-11/h8-10H,2-7H2,1H3;1-4,8H,5H2. The van der Waals surface area contributed by atoms with Gasteiger partial charge in [0.15, 0.2) is 0 Å². The molecule has 1 aliphatic heterocycles. The first kappa shape index (κ1) is 19.4. The zero-order chi connectivity index (χ0) is 19.3. The van der Waals surface area contributed by atoms with E-state index in [-0.39, 0.29) is 11.7 Å². The number of ether oxygens (including phenoxy) is 1. The molecule has 2 aromatic rings. The second kappa shape index (κ2) is 8.57. The van der Waals surface area contributed by atoms with Crippen LogP contribution in [-0.2, 0) is 44.6 Å². The molecule has 0 radical (unpaired) electrons. The van der Waals surface area contributed by atoms with E-state index in [2.05, 4.69) is 27.7 Å². The van der Waals surface area contributed by atoms with Crippen LogP contribution in [0.5, 0.6) is 0 Å². The van der Waals surface area contributed by atoms with Crippen LogP contribution in [0.1, 0.15) is 41.5 Å². The lowest BCUT2D eigenvalue weighted by atomic mass is 10.0. The molecule has 4 rings (SSSR count). The van der Waals surface area contributed by atoms with E-state index in [1.807, 2.05) is 18.2 Å². The van der Waals surface area contributed by atoms with Crippen LogP contribution in [0.3, 0.4) is 0 Å². The fourth-order valence-electron chi connectivity index (χ4n) is 3.47. The van der Waals surface area contributed by atoms with Gasteiger partial charge in [0.25, 0.3) is 0 Å². The first-order valence-electron chi connectivity index (χ1n) is 9.23. The number of esters is 1. The molecule has 0 aromatic heterocycles. The van der Waals surface area contributed by atoms with Gasteiger partial charge in [0.1, 0.15) is 0 Å². The summed E-state index contributed by atoms with van der Waals surface area (Å²) in [5.41, 5.74) is 5.94.